The van der Waals surface area contributed by atoms with E-state index in [9.17, 15) is 4.79 Å². The van der Waals surface area contributed by atoms with Gasteiger partial charge in [0.05, 0.1) is 12.2 Å². The normalized spacial score (nSPS) is 10.3. The lowest BCUT2D eigenvalue weighted by Crippen LogP contribution is -2.28. The zero-order valence-corrected chi connectivity index (χ0v) is 13.3. The van der Waals surface area contributed by atoms with E-state index in [0.717, 1.165) is 16.3 Å². The number of carbonyl (C=O) groups excluding carboxylic acids is 1. The summed E-state index contributed by atoms with van der Waals surface area (Å²) in [6.45, 7) is 0.412. The molecular formula is C18H16N2O2S. The summed E-state index contributed by atoms with van der Waals surface area (Å²) in [6.07, 6.45) is 0. The molecule has 0 spiro atoms. The number of hydrogen-bond donors (Lipinski definition) is 1. The molecule has 1 N–H and O–H groups in total. The number of thiazole rings is 1. The molecule has 23 heavy (non-hydrogen) atoms. The number of rotatable bonds is 6. The molecule has 5 heteroatoms. The molecule has 116 valence electrons. The summed E-state index contributed by atoms with van der Waals surface area (Å²) in [5.74, 6) is 0.522. The lowest BCUT2D eigenvalue weighted by Gasteiger charge is -2.06. The summed E-state index contributed by atoms with van der Waals surface area (Å²) < 4.78 is 5.40. The summed E-state index contributed by atoms with van der Waals surface area (Å²) in [5.41, 5.74) is 2.01. The highest BCUT2D eigenvalue weighted by Crippen LogP contribution is 2.21. The second-order valence-corrected chi connectivity index (χ2v) is 5.81. The van der Waals surface area contributed by atoms with Gasteiger partial charge in [0, 0.05) is 10.9 Å². The molecule has 0 fully saturated rings. The first-order valence-electron chi connectivity index (χ1n) is 7.25. The van der Waals surface area contributed by atoms with Crippen molar-refractivity contribution in [1.82, 2.24) is 10.3 Å². The highest BCUT2D eigenvalue weighted by atomic mass is 32.1. The molecule has 2 aromatic carbocycles. The van der Waals surface area contributed by atoms with Gasteiger partial charge < -0.3 is 10.1 Å². The fraction of sp³-hybridized carbons (Fsp3) is 0.111. The fourth-order valence-corrected chi connectivity index (χ4v) is 2.77. The molecule has 0 saturated heterocycles. The number of amides is 1. The Hall–Kier alpha value is -2.66. The van der Waals surface area contributed by atoms with Crippen LogP contribution in [0.1, 0.15) is 5.01 Å². The highest BCUT2D eigenvalue weighted by molar-refractivity contribution is 7.09. The molecule has 1 heterocycles. The topological polar surface area (TPSA) is 51.2 Å². The molecule has 3 aromatic rings. The Balaban J connectivity index is 1.49. The van der Waals surface area contributed by atoms with Crippen LogP contribution in [0.5, 0.6) is 5.75 Å². The Morgan fingerprint density at radius 1 is 1.04 bits per heavy atom. The van der Waals surface area contributed by atoms with Crippen molar-refractivity contribution < 1.29 is 9.53 Å². The Kier molecular flexibility index (Phi) is 5.01. The predicted octanol–water partition coefficient (Wildman–Crippen LogP) is 3.51. The highest BCUT2D eigenvalue weighted by Gasteiger charge is 2.07. The van der Waals surface area contributed by atoms with Crippen LogP contribution in [0.15, 0.2) is 66.0 Å². The minimum absolute atomic E-state index is 0.000924. The van der Waals surface area contributed by atoms with Crippen LogP contribution < -0.4 is 10.1 Å². The van der Waals surface area contributed by atoms with E-state index in [1.54, 1.807) is 0 Å². The third-order valence-electron chi connectivity index (χ3n) is 3.17. The fourth-order valence-electron chi connectivity index (χ4n) is 2.02. The van der Waals surface area contributed by atoms with E-state index >= 15 is 0 Å². The average Bonchev–Trinajstić information content (AvgIpc) is 3.09. The van der Waals surface area contributed by atoms with Crippen LogP contribution in [-0.2, 0) is 11.3 Å². The standard InChI is InChI=1S/C18H16N2O2S/c21-17(12-22-15-9-5-2-6-10-15)19-11-18-20-16(13-23-18)14-7-3-1-4-8-14/h1-10,13H,11-12H2,(H,19,21). The van der Waals surface area contributed by atoms with E-state index in [1.807, 2.05) is 66.0 Å². The van der Waals surface area contributed by atoms with Gasteiger partial charge in [0.2, 0.25) is 0 Å². The molecule has 0 aliphatic heterocycles. The minimum Gasteiger partial charge on any atom is -0.484 e. The summed E-state index contributed by atoms with van der Waals surface area (Å²) in [4.78, 5) is 16.3. The quantitative estimate of drug-likeness (QED) is 0.755. The largest absolute Gasteiger partial charge is 0.484 e. The van der Waals surface area contributed by atoms with Gasteiger partial charge in [-0.1, -0.05) is 48.5 Å². The molecule has 0 radical (unpaired) electrons. The number of nitrogens with one attached hydrogen (secondary N) is 1. The van der Waals surface area contributed by atoms with Crippen molar-refractivity contribution in [3.8, 4) is 17.0 Å². The Labute approximate surface area is 138 Å². The van der Waals surface area contributed by atoms with Crippen molar-refractivity contribution in [3.63, 3.8) is 0 Å². The molecular weight excluding hydrogens is 308 g/mol. The maximum absolute atomic E-state index is 11.8. The first kappa shape index (κ1) is 15.2. The lowest BCUT2D eigenvalue weighted by molar-refractivity contribution is -0.123. The van der Waals surface area contributed by atoms with E-state index in [1.165, 1.54) is 11.3 Å². The van der Waals surface area contributed by atoms with Gasteiger partial charge >= 0.3 is 0 Å². The van der Waals surface area contributed by atoms with Crippen LogP contribution in [0.2, 0.25) is 0 Å². The molecule has 1 amide bonds. The zero-order valence-electron chi connectivity index (χ0n) is 12.4. The van der Waals surface area contributed by atoms with Crippen LogP contribution in [0.4, 0.5) is 0 Å². The molecule has 0 atom stereocenters. The summed E-state index contributed by atoms with van der Waals surface area (Å²) in [5, 5.41) is 5.69. The first-order valence-corrected chi connectivity index (χ1v) is 8.13. The van der Waals surface area contributed by atoms with Crippen molar-refractivity contribution in [2.24, 2.45) is 0 Å². The van der Waals surface area contributed by atoms with Crippen molar-refractivity contribution in [2.45, 2.75) is 6.54 Å². The Morgan fingerprint density at radius 2 is 1.74 bits per heavy atom. The van der Waals surface area contributed by atoms with Gasteiger partial charge in [-0.05, 0) is 12.1 Å². The minimum atomic E-state index is -0.162. The Bertz CT molecular complexity index is 757. The van der Waals surface area contributed by atoms with E-state index in [-0.39, 0.29) is 12.5 Å². The maximum atomic E-state index is 11.8. The summed E-state index contributed by atoms with van der Waals surface area (Å²) in [6, 6.07) is 19.3. The van der Waals surface area contributed by atoms with Crippen LogP contribution in [0, 0.1) is 0 Å². The van der Waals surface area contributed by atoms with Gasteiger partial charge in [-0.2, -0.15) is 0 Å². The average molecular weight is 324 g/mol. The van der Waals surface area contributed by atoms with E-state index in [4.69, 9.17) is 4.74 Å². The van der Waals surface area contributed by atoms with Crippen molar-refractivity contribution >= 4 is 17.2 Å². The van der Waals surface area contributed by atoms with E-state index < -0.39 is 0 Å². The maximum Gasteiger partial charge on any atom is 0.258 e. The van der Waals surface area contributed by atoms with E-state index in [2.05, 4.69) is 10.3 Å². The molecule has 0 unspecified atom stereocenters. The lowest BCUT2D eigenvalue weighted by atomic mass is 10.2. The van der Waals surface area contributed by atoms with Crippen molar-refractivity contribution in [2.75, 3.05) is 6.61 Å². The number of hydrogen-bond acceptors (Lipinski definition) is 4. The van der Waals surface area contributed by atoms with Crippen LogP contribution in [0.3, 0.4) is 0 Å². The van der Waals surface area contributed by atoms with Crippen LogP contribution in [0.25, 0.3) is 11.3 Å². The molecule has 0 aliphatic rings. The van der Waals surface area contributed by atoms with Gasteiger partial charge in [-0.3, -0.25) is 4.79 Å². The first-order chi connectivity index (χ1) is 11.3. The number of benzene rings is 2. The van der Waals surface area contributed by atoms with Crippen LogP contribution >= 0.6 is 11.3 Å². The Morgan fingerprint density at radius 3 is 2.48 bits per heavy atom. The molecule has 1 aromatic heterocycles. The summed E-state index contributed by atoms with van der Waals surface area (Å²) in [7, 11) is 0. The molecule has 0 saturated carbocycles. The van der Waals surface area contributed by atoms with E-state index in [0.29, 0.717) is 12.3 Å². The second-order valence-electron chi connectivity index (χ2n) is 4.87. The number of aromatic nitrogens is 1. The number of carbonyl (C=O) groups is 1. The van der Waals surface area contributed by atoms with Gasteiger partial charge in [-0.25, -0.2) is 4.98 Å². The molecule has 0 aliphatic carbocycles. The van der Waals surface area contributed by atoms with Crippen LogP contribution in [-0.4, -0.2) is 17.5 Å². The molecule has 0 bridgehead atoms. The third kappa shape index (κ3) is 4.40. The second kappa shape index (κ2) is 7.56. The number of ether oxygens (including phenoxy) is 1. The van der Waals surface area contributed by atoms with Gasteiger partial charge in [0.25, 0.3) is 5.91 Å². The molecule has 4 nitrogen and oxygen atoms in total. The van der Waals surface area contributed by atoms with Gasteiger partial charge in [-0.15, -0.1) is 11.3 Å². The van der Waals surface area contributed by atoms with Crippen molar-refractivity contribution in [1.29, 1.82) is 0 Å². The predicted molar refractivity (Wildman–Crippen MR) is 91.3 cm³/mol. The van der Waals surface area contributed by atoms with Gasteiger partial charge in [0.1, 0.15) is 10.8 Å². The number of para-hydroxylation sites is 1. The third-order valence-corrected chi connectivity index (χ3v) is 4.02. The monoisotopic (exact) mass is 324 g/mol. The SMILES string of the molecule is O=C(COc1ccccc1)NCc1nc(-c2ccccc2)cs1. The van der Waals surface area contributed by atoms with Gasteiger partial charge in [0.15, 0.2) is 6.61 Å². The summed E-state index contributed by atoms with van der Waals surface area (Å²) >= 11 is 1.53. The zero-order chi connectivity index (χ0) is 15.9. The molecule has 3 rings (SSSR count). The number of nitrogens with zero attached hydrogens (tertiary/aromatic N) is 1. The smallest absolute Gasteiger partial charge is 0.258 e. The van der Waals surface area contributed by atoms with Crippen molar-refractivity contribution in [3.05, 3.63) is 71.1 Å².